The first-order valence-corrected chi connectivity index (χ1v) is 5.29. The molecule has 16 heavy (non-hydrogen) atoms. The molecule has 0 aromatic heterocycles. The first-order chi connectivity index (χ1) is 7.63. The second-order valence-electron chi connectivity index (χ2n) is 3.67. The van der Waals surface area contributed by atoms with E-state index >= 15 is 0 Å². The van der Waals surface area contributed by atoms with Gasteiger partial charge in [-0.1, -0.05) is 12.1 Å². The van der Waals surface area contributed by atoms with Crippen LogP contribution in [0.4, 0.5) is 4.39 Å². The minimum absolute atomic E-state index is 0.0123. The summed E-state index contributed by atoms with van der Waals surface area (Å²) >= 11 is 0. The Morgan fingerprint density at radius 2 is 2.06 bits per heavy atom. The molecule has 0 aliphatic carbocycles. The average molecular weight is 225 g/mol. The summed E-state index contributed by atoms with van der Waals surface area (Å²) in [5, 5.41) is 11.4. The second kappa shape index (κ2) is 6.23. The Balaban J connectivity index is 2.48. The highest BCUT2D eigenvalue weighted by Crippen LogP contribution is 2.12. The number of aliphatic hydroxyl groups is 1. The summed E-state index contributed by atoms with van der Waals surface area (Å²) in [5.74, 6) is -0.395. The molecule has 1 aromatic rings. The van der Waals surface area contributed by atoms with Crippen LogP contribution in [0, 0.1) is 5.82 Å². The van der Waals surface area contributed by atoms with Crippen LogP contribution in [0.3, 0.4) is 0 Å². The van der Waals surface area contributed by atoms with E-state index in [1.165, 1.54) is 12.1 Å². The molecule has 4 heteroatoms. The van der Waals surface area contributed by atoms with Crippen LogP contribution in [0.25, 0.3) is 0 Å². The van der Waals surface area contributed by atoms with Crippen molar-refractivity contribution in [2.75, 3.05) is 6.61 Å². The number of nitrogens with one attached hydrogen (secondary N) is 1. The van der Waals surface area contributed by atoms with E-state index in [9.17, 15) is 9.18 Å². The largest absolute Gasteiger partial charge is 0.396 e. The molecule has 0 saturated carbocycles. The molecule has 0 spiro atoms. The van der Waals surface area contributed by atoms with Crippen LogP contribution >= 0.6 is 0 Å². The predicted octanol–water partition coefficient (Wildman–Crippen LogP) is 1.78. The summed E-state index contributed by atoms with van der Waals surface area (Å²) in [6.45, 7) is 1.85. The fourth-order valence-electron chi connectivity index (χ4n) is 1.39. The van der Waals surface area contributed by atoms with E-state index in [2.05, 4.69) is 5.32 Å². The number of rotatable bonds is 5. The van der Waals surface area contributed by atoms with Gasteiger partial charge in [0.2, 0.25) is 5.91 Å². The summed E-state index contributed by atoms with van der Waals surface area (Å²) in [6, 6.07) is 5.88. The number of halogens is 1. The van der Waals surface area contributed by atoms with Gasteiger partial charge in [0.1, 0.15) is 5.82 Å². The SMILES string of the molecule is C[C@@H](NC(=O)CCCO)c1ccc(F)cc1. The van der Waals surface area contributed by atoms with Crippen LogP contribution in [0.15, 0.2) is 24.3 Å². The lowest BCUT2D eigenvalue weighted by molar-refractivity contribution is -0.122. The maximum absolute atomic E-state index is 12.7. The van der Waals surface area contributed by atoms with Gasteiger partial charge in [0.15, 0.2) is 0 Å². The minimum Gasteiger partial charge on any atom is -0.396 e. The number of benzene rings is 1. The Morgan fingerprint density at radius 1 is 1.44 bits per heavy atom. The number of aliphatic hydroxyl groups excluding tert-OH is 1. The van der Waals surface area contributed by atoms with Crippen molar-refractivity contribution in [2.45, 2.75) is 25.8 Å². The zero-order valence-electron chi connectivity index (χ0n) is 9.24. The highest BCUT2D eigenvalue weighted by atomic mass is 19.1. The Morgan fingerprint density at radius 3 is 2.62 bits per heavy atom. The smallest absolute Gasteiger partial charge is 0.220 e. The highest BCUT2D eigenvalue weighted by Gasteiger charge is 2.08. The van der Waals surface area contributed by atoms with Crippen LogP contribution in [-0.4, -0.2) is 17.6 Å². The molecule has 1 aromatic carbocycles. The van der Waals surface area contributed by atoms with Gasteiger partial charge in [-0.05, 0) is 31.0 Å². The van der Waals surface area contributed by atoms with E-state index in [4.69, 9.17) is 5.11 Å². The van der Waals surface area contributed by atoms with Crippen molar-refractivity contribution in [1.82, 2.24) is 5.32 Å². The van der Waals surface area contributed by atoms with Crippen molar-refractivity contribution >= 4 is 5.91 Å². The third kappa shape index (κ3) is 3.98. The van der Waals surface area contributed by atoms with E-state index < -0.39 is 0 Å². The quantitative estimate of drug-likeness (QED) is 0.802. The molecule has 0 unspecified atom stereocenters. The van der Waals surface area contributed by atoms with Crippen molar-refractivity contribution in [1.29, 1.82) is 0 Å². The monoisotopic (exact) mass is 225 g/mol. The van der Waals surface area contributed by atoms with Crippen LogP contribution in [-0.2, 0) is 4.79 Å². The molecule has 1 amide bonds. The van der Waals surface area contributed by atoms with Gasteiger partial charge in [0, 0.05) is 13.0 Å². The van der Waals surface area contributed by atoms with Crippen LogP contribution in [0.2, 0.25) is 0 Å². The lowest BCUT2D eigenvalue weighted by Gasteiger charge is -2.14. The van der Waals surface area contributed by atoms with Gasteiger partial charge in [0.05, 0.1) is 6.04 Å². The first kappa shape index (κ1) is 12.6. The lowest BCUT2D eigenvalue weighted by Crippen LogP contribution is -2.26. The molecular weight excluding hydrogens is 209 g/mol. The van der Waals surface area contributed by atoms with Crippen molar-refractivity contribution in [3.05, 3.63) is 35.6 Å². The number of amides is 1. The fourth-order valence-corrected chi connectivity index (χ4v) is 1.39. The minimum atomic E-state index is -0.289. The van der Waals surface area contributed by atoms with Crippen molar-refractivity contribution in [3.8, 4) is 0 Å². The molecule has 1 rings (SSSR count). The lowest BCUT2D eigenvalue weighted by atomic mass is 10.1. The third-order valence-corrected chi connectivity index (χ3v) is 2.31. The standard InChI is InChI=1S/C12H16FNO2/c1-9(14-12(16)3-2-8-15)10-4-6-11(13)7-5-10/h4-7,9,15H,2-3,8H2,1H3,(H,14,16)/t9-/m1/s1. The molecule has 1 atom stereocenters. The third-order valence-electron chi connectivity index (χ3n) is 2.31. The number of carbonyl (C=O) groups is 1. The van der Waals surface area contributed by atoms with Crippen LogP contribution in [0.5, 0.6) is 0 Å². The molecule has 0 bridgehead atoms. The Labute approximate surface area is 94.3 Å². The zero-order chi connectivity index (χ0) is 12.0. The molecule has 0 fully saturated rings. The molecule has 2 N–H and O–H groups in total. The van der Waals surface area contributed by atoms with Crippen molar-refractivity contribution in [3.63, 3.8) is 0 Å². The fraction of sp³-hybridized carbons (Fsp3) is 0.417. The van der Waals surface area contributed by atoms with Gasteiger partial charge in [-0.25, -0.2) is 4.39 Å². The normalized spacial score (nSPS) is 12.2. The van der Waals surface area contributed by atoms with Gasteiger partial charge in [-0.15, -0.1) is 0 Å². The number of hydrogen-bond donors (Lipinski definition) is 2. The molecule has 88 valence electrons. The van der Waals surface area contributed by atoms with Crippen LogP contribution in [0.1, 0.15) is 31.4 Å². The Kier molecular flexibility index (Phi) is 4.92. The Hall–Kier alpha value is -1.42. The molecule has 0 heterocycles. The van der Waals surface area contributed by atoms with E-state index in [1.54, 1.807) is 12.1 Å². The topological polar surface area (TPSA) is 49.3 Å². The van der Waals surface area contributed by atoms with Gasteiger partial charge in [0.25, 0.3) is 0 Å². The maximum Gasteiger partial charge on any atom is 0.220 e. The first-order valence-electron chi connectivity index (χ1n) is 5.29. The van der Waals surface area contributed by atoms with E-state index in [0.29, 0.717) is 12.8 Å². The van der Waals surface area contributed by atoms with E-state index in [0.717, 1.165) is 5.56 Å². The highest BCUT2D eigenvalue weighted by molar-refractivity contribution is 5.76. The van der Waals surface area contributed by atoms with Crippen molar-refractivity contribution < 1.29 is 14.3 Å². The van der Waals surface area contributed by atoms with Crippen LogP contribution < -0.4 is 5.32 Å². The molecule has 3 nitrogen and oxygen atoms in total. The van der Waals surface area contributed by atoms with E-state index in [1.807, 2.05) is 6.92 Å². The van der Waals surface area contributed by atoms with Crippen molar-refractivity contribution in [2.24, 2.45) is 0 Å². The van der Waals surface area contributed by atoms with Gasteiger partial charge in [-0.2, -0.15) is 0 Å². The van der Waals surface area contributed by atoms with Gasteiger partial charge < -0.3 is 10.4 Å². The molecular formula is C12H16FNO2. The zero-order valence-corrected chi connectivity index (χ0v) is 9.24. The summed E-state index contributed by atoms with van der Waals surface area (Å²) in [5.41, 5.74) is 0.860. The molecule has 0 aliphatic rings. The molecule has 0 radical (unpaired) electrons. The summed E-state index contributed by atoms with van der Waals surface area (Å²) in [4.78, 5) is 11.4. The second-order valence-corrected chi connectivity index (χ2v) is 3.67. The summed E-state index contributed by atoms with van der Waals surface area (Å²) in [6.07, 6.45) is 0.768. The van der Waals surface area contributed by atoms with E-state index in [-0.39, 0.29) is 24.4 Å². The molecule has 0 aliphatic heterocycles. The number of hydrogen-bond acceptors (Lipinski definition) is 2. The summed E-state index contributed by atoms with van der Waals surface area (Å²) < 4.78 is 12.7. The maximum atomic E-state index is 12.7. The number of carbonyl (C=O) groups excluding carboxylic acids is 1. The van der Waals surface area contributed by atoms with Gasteiger partial charge >= 0.3 is 0 Å². The summed E-state index contributed by atoms with van der Waals surface area (Å²) in [7, 11) is 0. The predicted molar refractivity (Wildman–Crippen MR) is 59.3 cm³/mol. The average Bonchev–Trinajstić information content (AvgIpc) is 2.27. The van der Waals surface area contributed by atoms with Gasteiger partial charge in [-0.3, -0.25) is 4.79 Å². The Bertz CT molecular complexity index is 337. The molecule has 0 saturated heterocycles.